The summed E-state index contributed by atoms with van der Waals surface area (Å²) in [5.41, 5.74) is 1.23. The number of hydrogen-bond donors (Lipinski definition) is 2. The number of rotatable bonds is 9. The fourth-order valence-electron chi connectivity index (χ4n) is 3.21. The summed E-state index contributed by atoms with van der Waals surface area (Å²) in [6.45, 7) is -0.322. The summed E-state index contributed by atoms with van der Waals surface area (Å²) in [5, 5.41) is 5.31. The van der Waals surface area contributed by atoms with Crippen molar-refractivity contribution in [2.24, 2.45) is 0 Å². The number of benzene rings is 3. The van der Waals surface area contributed by atoms with Crippen LogP contribution in [0.2, 0.25) is 0 Å². The number of carbonyl (C=O) groups excluding carboxylic acids is 2. The lowest BCUT2D eigenvalue weighted by Crippen LogP contribution is -2.38. The zero-order chi connectivity index (χ0) is 24.7. The van der Waals surface area contributed by atoms with Gasteiger partial charge in [0, 0.05) is 12.6 Å². The highest BCUT2D eigenvalue weighted by atomic mass is 32.2. The summed E-state index contributed by atoms with van der Waals surface area (Å²) in [7, 11) is -4.00. The van der Waals surface area contributed by atoms with Crippen LogP contribution in [0, 0.1) is 11.6 Å². The maximum atomic E-state index is 13.6. The van der Waals surface area contributed by atoms with Gasteiger partial charge in [-0.3, -0.25) is 13.9 Å². The molecule has 0 atom stereocenters. The van der Waals surface area contributed by atoms with Gasteiger partial charge in [-0.25, -0.2) is 17.2 Å². The molecular weight excluding hydrogens is 464 g/mol. The van der Waals surface area contributed by atoms with E-state index in [4.69, 9.17) is 0 Å². The second-order valence-electron chi connectivity index (χ2n) is 7.45. The van der Waals surface area contributed by atoms with Gasteiger partial charge in [0.25, 0.3) is 5.91 Å². The first-order valence-corrected chi connectivity index (χ1v) is 12.1. The molecule has 0 aliphatic carbocycles. The molecule has 7 nitrogen and oxygen atoms in total. The van der Waals surface area contributed by atoms with Crippen LogP contribution in [-0.2, 0) is 21.2 Å². The molecule has 0 bridgehead atoms. The molecule has 0 unspecified atom stereocenters. The lowest BCUT2D eigenvalue weighted by atomic mass is 10.1. The molecule has 0 aromatic heterocycles. The minimum atomic E-state index is -4.00. The molecule has 10 heteroatoms. The molecule has 0 aliphatic rings. The van der Waals surface area contributed by atoms with Crippen LogP contribution < -0.4 is 14.9 Å². The van der Waals surface area contributed by atoms with E-state index < -0.39 is 40.0 Å². The second-order valence-corrected chi connectivity index (χ2v) is 9.36. The highest BCUT2D eigenvalue weighted by Gasteiger charge is 2.23. The number of anilines is 2. The summed E-state index contributed by atoms with van der Waals surface area (Å²) in [6.07, 6.45) is 1.47. The van der Waals surface area contributed by atoms with Gasteiger partial charge in [0.2, 0.25) is 15.9 Å². The van der Waals surface area contributed by atoms with E-state index in [1.807, 2.05) is 30.3 Å². The molecule has 0 radical (unpaired) electrons. The summed E-state index contributed by atoms with van der Waals surface area (Å²) in [5.74, 6) is -3.56. The number of sulfonamides is 1. The Labute approximate surface area is 196 Å². The van der Waals surface area contributed by atoms with Crippen LogP contribution >= 0.6 is 0 Å². The van der Waals surface area contributed by atoms with Crippen LogP contribution in [0.4, 0.5) is 20.2 Å². The van der Waals surface area contributed by atoms with E-state index in [2.05, 4.69) is 10.6 Å². The molecule has 0 spiro atoms. The van der Waals surface area contributed by atoms with Gasteiger partial charge in [-0.2, -0.15) is 0 Å². The number of nitrogens with zero attached hydrogens (tertiary/aromatic N) is 1. The van der Waals surface area contributed by atoms with E-state index in [0.717, 1.165) is 24.0 Å². The normalized spacial score (nSPS) is 11.0. The molecule has 0 heterocycles. The van der Waals surface area contributed by atoms with Crippen molar-refractivity contribution in [3.63, 3.8) is 0 Å². The monoisotopic (exact) mass is 487 g/mol. The van der Waals surface area contributed by atoms with Gasteiger partial charge in [0.05, 0.1) is 23.2 Å². The molecule has 2 N–H and O–H groups in total. The number of nitrogens with one attached hydrogen (secondary N) is 2. The lowest BCUT2D eigenvalue weighted by Gasteiger charge is -2.22. The molecular formula is C24H23F2N3O4S. The third-order valence-electron chi connectivity index (χ3n) is 4.87. The second kappa shape index (κ2) is 10.9. The van der Waals surface area contributed by atoms with Crippen LogP contribution in [0.5, 0.6) is 0 Å². The van der Waals surface area contributed by atoms with Gasteiger partial charge >= 0.3 is 0 Å². The first-order valence-electron chi connectivity index (χ1n) is 10.3. The zero-order valence-electron chi connectivity index (χ0n) is 18.3. The van der Waals surface area contributed by atoms with Crippen molar-refractivity contribution in [2.45, 2.75) is 6.42 Å². The summed E-state index contributed by atoms with van der Waals surface area (Å²) >= 11 is 0. The number of amides is 2. The zero-order valence-corrected chi connectivity index (χ0v) is 19.1. The van der Waals surface area contributed by atoms with Gasteiger partial charge in [-0.15, -0.1) is 0 Å². The van der Waals surface area contributed by atoms with E-state index in [1.165, 1.54) is 12.1 Å². The fourth-order valence-corrected chi connectivity index (χ4v) is 4.06. The minimum absolute atomic E-state index is 0.184. The van der Waals surface area contributed by atoms with Gasteiger partial charge in [0.1, 0.15) is 6.54 Å². The Morgan fingerprint density at radius 1 is 0.912 bits per heavy atom. The Morgan fingerprint density at radius 2 is 1.59 bits per heavy atom. The Balaban J connectivity index is 1.70. The first-order chi connectivity index (χ1) is 16.1. The van der Waals surface area contributed by atoms with Crippen LogP contribution in [0.3, 0.4) is 0 Å². The first kappa shape index (κ1) is 24.8. The average molecular weight is 488 g/mol. The standard InChI is InChI=1S/C24H23F2N3O4S/c1-34(32,33)29(18-11-12-20(25)21(26)15-18)16-23(30)28-22-10-6-5-9-19(22)24(31)27-14-13-17-7-3-2-4-8-17/h2-12,15H,13-14,16H2,1H3,(H,27,31)(H,28,30). The molecule has 0 saturated carbocycles. The van der Waals surface area contributed by atoms with Gasteiger partial charge in [-0.05, 0) is 36.2 Å². The smallest absolute Gasteiger partial charge is 0.253 e. The molecule has 0 aliphatic heterocycles. The lowest BCUT2D eigenvalue weighted by molar-refractivity contribution is -0.114. The summed E-state index contributed by atoms with van der Waals surface area (Å²) < 4.78 is 51.9. The SMILES string of the molecule is CS(=O)(=O)N(CC(=O)Nc1ccccc1C(=O)NCCc1ccccc1)c1ccc(F)c(F)c1. The Bertz CT molecular complexity index is 1280. The molecule has 3 aromatic carbocycles. The molecule has 0 fully saturated rings. The van der Waals surface area contributed by atoms with Crippen molar-refractivity contribution in [2.75, 3.05) is 29.0 Å². The highest BCUT2D eigenvalue weighted by Crippen LogP contribution is 2.21. The largest absolute Gasteiger partial charge is 0.352 e. The molecule has 3 rings (SSSR count). The van der Waals surface area contributed by atoms with E-state index >= 15 is 0 Å². The van der Waals surface area contributed by atoms with Gasteiger partial charge in [-0.1, -0.05) is 42.5 Å². The Morgan fingerprint density at radius 3 is 2.26 bits per heavy atom. The topological polar surface area (TPSA) is 95.6 Å². The van der Waals surface area contributed by atoms with Crippen molar-refractivity contribution in [1.82, 2.24) is 5.32 Å². The summed E-state index contributed by atoms with van der Waals surface area (Å²) in [6, 6.07) is 18.4. The van der Waals surface area contributed by atoms with Gasteiger partial charge < -0.3 is 10.6 Å². The number of halogens is 2. The highest BCUT2D eigenvalue weighted by molar-refractivity contribution is 7.92. The van der Waals surface area contributed by atoms with Crippen LogP contribution in [0.15, 0.2) is 72.8 Å². The third-order valence-corrected chi connectivity index (χ3v) is 6.01. The van der Waals surface area contributed by atoms with E-state index in [1.54, 1.807) is 12.1 Å². The van der Waals surface area contributed by atoms with Crippen molar-refractivity contribution in [1.29, 1.82) is 0 Å². The van der Waals surface area contributed by atoms with Crippen molar-refractivity contribution < 1.29 is 26.8 Å². The molecule has 2 amide bonds. The molecule has 0 saturated heterocycles. The van der Waals surface area contributed by atoms with E-state index in [-0.39, 0.29) is 16.9 Å². The summed E-state index contributed by atoms with van der Waals surface area (Å²) in [4.78, 5) is 25.3. The predicted octanol–water partition coefficient (Wildman–Crippen LogP) is 3.34. The maximum absolute atomic E-state index is 13.6. The average Bonchev–Trinajstić information content (AvgIpc) is 2.79. The van der Waals surface area contributed by atoms with Crippen LogP contribution in [0.1, 0.15) is 15.9 Å². The molecule has 178 valence electrons. The van der Waals surface area contributed by atoms with E-state index in [0.29, 0.717) is 23.3 Å². The maximum Gasteiger partial charge on any atom is 0.253 e. The van der Waals surface area contributed by atoms with Crippen LogP contribution in [-0.4, -0.2) is 39.6 Å². The van der Waals surface area contributed by atoms with Gasteiger partial charge in [0.15, 0.2) is 11.6 Å². The van der Waals surface area contributed by atoms with Crippen molar-refractivity contribution in [3.8, 4) is 0 Å². The molecule has 3 aromatic rings. The Kier molecular flexibility index (Phi) is 7.95. The fraction of sp³-hybridized carbons (Fsp3) is 0.167. The van der Waals surface area contributed by atoms with Crippen molar-refractivity contribution in [3.05, 3.63) is 95.6 Å². The predicted molar refractivity (Wildman–Crippen MR) is 126 cm³/mol. The molecule has 34 heavy (non-hydrogen) atoms. The Hall–Kier alpha value is -3.79. The van der Waals surface area contributed by atoms with Crippen molar-refractivity contribution >= 4 is 33.2 Å². The minimum Gasteiger partial charge on any atom is -0.352 e. The van der Waals surface area contributed by atoms with Crippen LogP contribution in [0.25, 0.3) is 0 Å². The third kappa shape index (κ3) is 6.61. The van der Waals surface area contributed by atoms with E-state index in [9.17, 15) is 26.8 Å². The quantitative estimate of drug-likeness (QED) is 0.484. The number of para-hydroxylation sites is 1. The number of hydrogen-bond acceptors (Lipinski definition) is 4. The number of carbonyl (C=O) groups is 2.